The zero-order valence-corrected chi connectivity index (χ0v) is 38.3. The molecule has 0 aromatic carbocycles. The fourth-order valence-electron chi connectivity index (χ4n) is 6.88. The molecule has 4 unspecified atom stereocenters. The topological polar surface area (TPSA) is 210 Å². The number of phosphoric ester groups is 1. The summed E-state index contributed by atoms with van der Waals surface area (Å²) >= 11 is 0. The van der Waals surface area contributed by atoms with E-state index in [1.165, 1.54) is 96.3 Å². The van der Waals surface area contributed by atoms with Crippen molar-refractivity contribution in [3.8, 4) is 0 Å². The third kappa shape index (κ3) is 29.7. The van der Waals surface area contributed by atoms with Crippen molar-refractivity contribution in [1.29, 1.82) is 0 Å². The zero-order chi connectivity index (χ0) is 45.0. The van der Waals surface area contributed by atoms with Gasteiger partial charge in [-0.15, -0.1) is 0 Å². The standard InChI is InChI=1S/C47H83O13P/c1-3-5-7-9-11-13-15-17-19-20-22-24-26-28-30-32-34-36-41(49)59-39(38-58-61(55,56)60-47-45(53)43(51)42(50)44(52)46(47)54)37-57-40(48)35-33-31-29-27-25-23-21-18-16-14-12-10-8-6-4-2/h13,15,19-20,24,26,30,32,39,42-47,50-54H,3-12,14,16-18,21-23,25,27-29,31,33-38H2,1-2H3,(H,55,56)/b15-13-,20-19-,26-24-,32-30-/t39?,42?,43-,44+,45-,46-,47?/m1/s1. The first-order chi connectivity index (χ1) is 29.4. The van der Waals surface area contributed by atoms with Gasteiger partial charge in [0.05, 0.1) is 6.61 Å². The number of unbranched alkanes of at least 4 members (excludes halogenated alkanes) is 18. The molecular weight excluding hydrogens is 803 g/mol. The summed E-state index contributed by atoms with van der Waals surface area (Å²) in [4.78, 5) is 35.7. The number of carbonyl (C=O) groups excluding carboxylic acids is 2. The van der Waals surface area contributed by atoms with E-state index < -0.39 is 75.7 Å². The SMILES string of the molecule is CCCCCC/C=C\C/C=C\C/C=C\C/C=C\CCC(=O)OC(COC(=O)CCCCCCCCCCCCCCCCC)COP(=O)(O)OC1[C@H](O)[C@H](O)C(O)[C@H](O)[C@H]1O. The van der Waals surface area contributed by atoms with E-state index in [1.54, 1.807) is 0 Å². The molecule has 13 nitrogen and oxygen atoms in total. The molecule has 8 atom stereocenters. The van der Waals surface area contributed by atoms with Crippen LogP contribution in [0.25, 0.3) is 0 Å². The summed E-state index contributed by atoms with van der Waals surface area (Å²) in [5, 5.41) is 50.1. The number of rotatable bonds is 38. The van der Waals surface area contributed by atoms with Gasteiger partial charge < -0.3 is 39.9 Å². The lowest BCUT2D eigenvalue weighted by atomic mass is 9.85. The second kappa shape index (κ2) is 37.2. The third-order valence-electron chi connectivity index (χ3n) is 10.7. The molecule has 0 aromatic rings. The second-order valence-corrected chi connectivity index (χ2v) is 17.7. The van der Waals surface area contributed by atoms with Crippen molar-refractivity contribution in [2.45, 2.75) is 224 Å². The lowest BCUT2D eigenvalue weighted by Crippen LogP contribution is -2.64. The van der Waals surface area contributed by atoms with E-state index in [9.17, 15) is 44.6 Å². The quantitative estimate of drug-likeness (QED) is 0.0148. The Hall–Kier alpha value is -2.19. The summed E-state index contributed by atoms with van der Waals surface area (Å²) in [7, 11) is -5.14. The molecule has 354 valence electrons. The maximum atomic E-state index is 12.8. The number of esters is 2. The minimum absolute atomic E-state index is 0.0233. The number of hydrogen-bond acceptors (Lipinski definition) is 12. The molecule has 1 rings (SSSR count). The summed E-state index contributed by atoms with van der Waals surface area (Å²) in [6.07, 6.45) is 30.4. The van der Waals surface area contributed by atoms with Crippen LogP contribution in [0.5, 0.6) is 0 Å². The van der Waals surface area contributed by atoms with E-state index in [0.29, 0.717) is 19.3 Å². The fraction of sp³-hybridized carbons (Fsp3) is 0.787. The molecule has 0 radical (unpaired) electrons. The first kappa shape index (κ1) is 56.8. The van der Waals surface area contributed by atoms with Gasteiger partial charge in [0.1, 0.15) is 43.2 Å². The molecule has 61 heavy (non-hydrogen) atoms. The molecule has 0 aromatic heterocycles. The number of phosphoric acid groups is 1. The predicted octanol–water partition coefficient (Wildman–Crippen LogP) is 9.17. The summed E-state index contributed by atoms with van der Waals surface area (Å²) in [6, 6.07) is 0. The maximum absolute atomic E-state index is 12.8. The molecule has 0 amide bonds. The number of hydrogen-bond donors (Lipinski definition) is 6. The second-order valence-electron chi connectivity index (χ2n) is 16.3. The zero-order valence-electron chi connectivity index (χ0n) is 37.4. The Balaban J connectivity index is 2.51. The Morgan fingerprint density at radius 2 is 0.918 bits per heavy atom. The largest absolute Gasteiger partial charge is 0.472 e. The van der Waals surface area contributed by atoms with Crippen molar-refractivity contribution in [2.24, 2.45) is 0 Å². The first-order valence-corrected chi connectivity index (χ1v) is 24.9. The van der Waals surface area contributed by atoms with Gasteiger partial charge in [0, 0.05) is 12.8 Å². The Kier molecular flexibility index (Phi) is 34.7. The van der Waals surface area contributed by atoms with Crippen LogP contribution in [0, 0.1) is 0 Å². The fourth-order valence-corrected chi connectivity index (χ4v) is 7.85. The van der Waals surface area contributed by atoms with Gasteiger partial charge in [-0.1, -0.05) is 172 Å². The Morgan fingerprint density at radius 1 is 0.508 bits per heavy atom. The third-order valence-corrected chi connectivity index (χ3v) is 11.7. The molecule has 0 saturated heterocycles. The van der Waals surface area contributed by atoms with Gasteiger partial charge in [-0.25, -0.2) is 4.57 Å². The van der Waals surface area contributed by atoms with E-state index in [2.05, 4.69) is 44.2 Å². The van der Waals surface area contributed by atoms with Crippen LogP contribution in [0.15, 0.2) is 48.6 Å². The van der Waals surface area contributed by atoms with Gasteiger partial charge in [-0.3, -0.25) is 18.6 Å². The van der Waals surface area contributed by atoms with Crippen molar-refractivity contribution < 1.29 is 63.1 Å². The van der Waals surface area contributed by atoms with Crippen LogP contribution in [0.1, 0.15) is 181 Å². The minimum atomic E-state index is -5.14. The van der Waals surface area contributed by atoms with Crippen LogP contribution in [0.3, 0.4) is 0 Å². The smallest absolute Gasteiger partial charge is 0.462 e. The number of allylic oxidation sites excluding steroid dienone is 8. The van der Waals surface area contributed by atoms with Crippen molar-refractivity contribution in [3.63, 3.8) is 0 Å². The molecule has 1 aliphatic rings. The lowest BCUT2D eigenvalue weighted by molar-refractivity contribution is -0.220. The molecule has 1 fully saturated rings. The molecule has 1 aliphatic carbocycles. The van der Waals surface area contributed by atoms with Crippen LogP contribution < -0.4 is 0 Å². The predicted molar refractivity (Wildman–Crippen MR) is 239 cm³/mol. The van der Waals surface area contributed by atoms with Gasteiger partial charge in [0.15, 0.2) is 6.10 Å². The highest BCUT2D eigenvalue weighted by molar-refractivity contribution is 7.47. The average Bonchev–Trinajstić information content (AvgIpc) is 3.24. The molecular formula is C47H83O13P. The highest BCUT2D eigenvalue weighted by Gasteiger charge is 2.51. The maximum Gasteiger partial charge on any atom is 0.472 e. The summed E-state index contributed by atoms with van der Waals surface area (Å²) in [5.74, 6) is -1.19. The monoisotopic (exact) mass is 887 g/mol. The van der Waals surface area contributed by atoms with Crippen molar-refractivity contribution in [2.75, 3.05) is 13.2 Å². The van der Waals surface area contributed by atoms with E-state index in [-0.39, 0.29) is 12.8 Å². The molecule has 0 spiro atoms. The summed E-state index contributed by atoms with van der Waals surface area (Å²) in [5.41, 5.74) is 0. The van der Waals surface area contributed by atoms with Gasteiger partial charge in [0.2, 0.25) is 0 Å². The van der Waals surface area contributed by atoms with Crippen molar-refractivity contribution >= 4 is 19.8 Å². The molecule has 14 heteroatoms. The normalized spacial score (nSPS) is 22.4. The van der Waals surface area contributed by atoms with E-state index >= 15 is 0 Å². The Bertz CT molecular complexity index is 1250. The van der Waals surface area contributed by atoms with Crippen LogP contribution in [0.4, 0.5) is 0 Å². The molecule has 6 N–H and O–H groups in total. The number of ether oxygens (including phenoxy) is 2. The lowest BCUT2D eigenvalue weighted by Gasteiger charge is -2.41. The Morgan fingerprint density at radius 3 is 1.41 bits per heavy atom. The van der Waals surface area contributed by atoms with Gasteiger partial charge in [-0.05, 0) is 44.9 Å². The highest BCUT2D eigenvalue weighted by Crippen LogP contribution is 2.47. The number of carbonyl (C=O) groups is 2. The van der Waals surface area contributed by atoms with Crippen molar-refractivity contribution in [1.82, 2.24) is 0 Å². The van der Waals surface area contributed by atoms with E-state index in [4.69, 9.17) is 18.5 Å². The van der Waals surface area contributed by atoms with Crippen LogP contribution in [-0.2, 0) is 32.7 Å². The number of aliphatic hydroxyl groups excluding tert-OH is 5. The molecule has 0 aliphatic heterocycles. The Labute approximate surface area is 367 Å². The first-order valence-electron chi connectivity index (χ1n) is 23.4. The van der Waals surface area contributed by atoms with Gasteiger partial charge >= 0.3 is 19.8 Å². The molecule has 0 bridgehead atoms. The van der Waals surface area contributed by atoms with Crippen LogP contribution in [0.2, 0.25) is 0 Å². The highest BCUT2D eigenvalue weighted by atomic mass is 31.2. The van der Waals surface area contributed by atoms with Crippen LogP contribution in [-0.4, -0.2) is 98.3 Å². The van der Waals surface area contributed by atoms with Crippen LogP contribution >= 0.6 is 7.82 Å². The van der Waals surface area contributed by atoms with Gasteiger partial charge in [-0.2, -0.15) is 0 Å². The van der Waals surface area contributed by atoms with E-state index in [0.717, 1.165) is 38.5 Å². The van der Waals surface area contributed by atoms with Crippen molar-refractivity contribution in [3.05, 3.63) is 48.6 Å². The van der Waals surface area contributed by atoms with E-state index in [1.807, 2.05) is 18.2 Å². The minimum Gasteiger partial charge on any atom is -0.462 e. The molecule has 0 heterocycles. The molecule has 1 saturated carbocycles. The summed E-state index contributed by atoms with van der Waals surface area (Å²) < 4.78 is 33.4. The number of aliphatic hydroxyl groups is 5. The average molecular weight is 887 g/mol. The summed E-state index contributed by atoms with van der Waals surface area (Å²) in [6.45, 7) is 3.22. The van der Waals surface area contributed by atoms with Gasteiger partial charge in [0.25, 0.3) is 0 Å².